The number of rotatable bonds is 17. The van der Waals surface area contributed by atoms with Gasteiger partial charge in [-0.1, -0.05) is 59.3 Å². The molecule has 244 valence electrons. The molecule has 1 amide bonds. The lowest BCUT2D eigenvalue weighted by Gasteiger charge is -2.35. The third-order valence-corrected chi connectivity index (χ3v) is 6.73. The number of hydrogen-bond acceptors (Lipinski definition) is 13. The van der Waals surface area contributed by atoms with Crippen LogP contribution in [0.25, 0.3) is 0 Å². The molecule has 1 aromatic rings. The molecule has 15 nitrogen and oxygen atoms in total. The van der Waals surface area contributed by atoms with Gasteiger partial charge >= 0.3 is 24.1 Å². The molecule has 15 heteroatoms. The summed E-state index contributed by atoms with van der Waals surface area (Å²) in [5, 5.41) is 25.3. The Bertz CT molecular complexity index is 1090. The van der Waals surface area contributed by atoms with Crippen LogP contribution >= 0.6 is 0 Å². The summed E-state index contributed by atoms with van der Waals surface area (Å²) in [6, 6.07) is 1.17. The molecule has 0 aromatic carbocycles. The Hall–Kier alpha value is -3.43. The van der Waals surface area contributed by atoms with Crippen LogP contribution in [0.15, 0.2) is 17.1 Å². The van der Waals surface area contributed by atoms with E-state index >= 15 is 0 Å². The molecule has 1 aliphatic heterocycles. The number of anilines is 1. The molecule has 0 aliphatic carbocycles. The van der Waals surface area contributed by atoms with Gasteiger partial charge in [-0.25, -0.2) is 23.7 Å². The van der Waals surface area contributed by atoms with Gasteiger partial charge in [-0.15, -0.1) is 0 Å². The molecular weight excluding hydrogens is 570 g/mol. The van der Waals surface area contributed by atoms with Crippen LogP contribution in [0.1, 0.15) is 85.5 Å². The molecule has 43 heavy (non-hydrogen) atoms. The molecule has 4 atom stereocenters. The molecule has 1 aliphatic rings. The van der Waals surface area contributed by atoms with Gasteiger partial charge in [-0.05, 0) is 32.3 Å². The Morgan fingerprint density at radius 1 is 0.907 bits per heavy atom. The first-order valence-corrected chi connectivity index (χ1v) is 14.8. The van der Waals surface area contributed by atoms with Gasteiger partial charge in [-0.2, -0.15) is 4.98 Å². The lowest BCUT2D eigenvalue weighted by molar-refractivity contribution is -0.321. The number of hydrogen-bond donors (Lipinski definition) is 3. The van der Waals surface area contributed by atoms with Crippen molar-refractivity contribution in [2.24, 2.45) is 0 Å². The quantitative estimate of drug-likeness (QED) is 0.130. The SMILES string of the molecule is CCCCCOC(=O)Nc1ccn([C@]2(O)O[C@H](COC(=O)OCCCCC)[C@@H](OC(=O)OCCCCC)[C@@]2(C)O)c(=O)n1. The highest BCUT2D eigenvalue weighted by Crippen LogP contribution is 2.43. The number of carbonyl (C=O) groups is 3. The number of ether oxygens (including phenoxy) is 6. The highest BCUT2D eigenvalue weighted by Gasteiger charge is 2.67. The van der Waals surface area contributed by atoms with Crippen molar-refractivity contribution in [2.75, 3.05) is 31.7 Å². The van der Waals surface area contributed by atoms with E-state index in [1.807, 2.05) is 20.8 Å². The summed E-state index contributed by atoms with van der Waals surface area (Å²) < 4.78 is 31.7. The van der Waals surface area contributed by atoms with E-state index in [9.17, 15) is 29.4 Å². The molecule has 1 fully saturated rings. The topological polar surface area (TPSA) is 194 Å². The summed E-state index contributed by atoms with van der Waals surface area (Å²) in [7, 11) is 0. The summed E-state index contributed by atoms with van der Waals surface area (Å²) in [5.41, 5.74) is -3.63. The van der Waals surface area contributed by atoms with E-state index in [4.69, 9.17) is 28.4 Å². The molecule has 0 spiro atoms. The summed E-state index contributed by atoms with van der Waals surface area (Å²) >= 11 is 0. The number of unbranched alkanes of at least 4 members (excludes halogenated alkanes) is 6. The van der Waals surface area contributed by atoms with Gasteiger partial charge in [0.15, 0.2) is 11.7 Å². The van der Waals surface area contributed by atoms with E-state index in [1.54, 1.807) is 0 Å². The maximum Gasteiger partial charge on any atom is 0.508 e. The summed E-state index contributed by atoms with van der Waals surface area (Å²) in [4.78, 5) is 53.2. The van der Waals surface area contributed by atoms with Crippen LogP contribution < -0.4 is 11.0 Å². The smallest absolute Gasteiger partial charge is 0.449 e. The minimum atomic E-state index is -2.86. The van der Waals surface area contributed by atoms with E-state index in [1.165, 1.54) is 6.07 Å². The van der Waals surface area contributed by atoms with Crippen LogP contribution in [0, 0.1) is 0 Å². The zero-order valence-electron chi connectivity index (χ0n) is 25.4. The van der Waals surface area contributed by atoms with Crippen molar-refractivity contribution >= 4 is 24.2 Å². The molecule has 0 bridgehead atoms. The second-order valence-corrected chi connectivity index (χ2v) is 10.3. The number of aromatic nitrogens is 2. The number of carbonyl (C=O) groups excluding carboxylic acids is 3. The first-order valence-electron chi connectivity index (χ1n) is 14.8. The minimum Gasteiger partial charge on any atom is -0.449 e. The van der Waals surface area contributed by atoms with Crippen molar-refractivity contribution in [3.8, 4) is 0 Å². The maximum atomic E-state index is 12.9. The fraction of sp³-hybridized carbons (Fsp3) is 0.750. The van der Waals surface area contributed by atoms with Crippen molar-refractivity contribution in [3.63, 3.8) is 0 Å². The van der Waals surface area contributed by atoms with Crippen molar-refractivity contribution in [3.05, 3.63) is 22.7 Å². The first kappa shape index (κ1) is 35.8. The number of aliphatic hydroxyl groups is 2. The molecule has 0 saturated carbocycles. The van der Waals surface area contributed by atoms with Gasteiger partial charge in [-0.3, -0.25) is 5.32 Å². The molecule has 2 heterocycles. The number of nitrogens with one attached hydrogen (secondary N) is 1. The molecule has 0 radical (unpaired) electrons. The van der Waals surface area contributed by atoms with Gasteiger partial charge in [0, 0.05) is 6.20 Å². The normalized spacial score (nSPS) is 22.9. The second-order valence-electron chi connectivity index (χ2n) is 10.3. The second kappa shape index (κ2) is 17.6. The van der Waals surface area contributed by atoms with Gasteiger partial charge < -0.3 is 38.6 Å². The molecule has 3 N–H and O–H groups in total. The Balaban J connectivity index is 2.22. The average Bonchev–Trinajstić information content (AvgIpc) is 3.15. The largest absolute Gasteiger partial charge is 0.508 e. The predicted molar refractivity (Wildman–Crippen MR) is 151 cm³/mol. The van der Waals surface area contributed by atoms with E-state index in [0.29, 0.717) is 23.8 Å². The highest BCUT2D eigenvalue weighted by atomic mass is 16.8. The lowest BCUT2D eigenvalue weighted by atomic mass is 9.94. The number of nitrogens with zero attached hydrogens (tertiary/aromatic N) is 2. The van der Waals surface area contributed by atoms with E-state index in [-0.39, 0.29) is 25.6 Å². The van der Waals surface area contributed by atoms with Crippen LogP contribution in [0.2, 0.25) is 0 Å². The van der Waals surface area contributed by atoms with Gasteiger partial charge in [0.2, 0.25) is 0 Å². The Morgan fingerprint density at radius 3 is 2.02 bits per heavy atom. The third kappa shape index (κ3) is 10.4. The van der Waals surface area contributed by atoms with Crippen LogP contribution in [0.5, 0.6) is 0 Å². The van der Waals surface area contributed by atoms with Crippen molar-refractivity contribution < 1.29 is 53.0 Å². The third-order valence-electron chi connectivity index (χ3n) is 6.73. The van der Waals surface area contributed by atoms with Gasteiger partial charge in [0.1, 0.15) is 18.5 Å². The lowest BCUT2D eigenvalue weighted by Crippen LogP contribution is -2.59. The van der Waals surface area contributed by atoms with E-state index in [0.717, 1.165) is 51.6 Å². The molecule has 1 saturated heterocycles. The summed E-state index contributed by atoms with van der Waals surface area (Å²) in [6.07, 6.45) is 2.04. The van der Waals surface area contributed by atoms with Crippen LogP contribution in [0.3, 0.4) is 0 Å². The maximum absolute atomic E-state index is 12.9. The van der Waals surface area contributed by atoms with Crippen molar-refractivity contribution in [1.82, 2.24) is 9.55 Å². The van der Waals surface area contributed by atoms with Crippen molar-refractivity contribution in [2.45, 2.75) is 109 Å². The summed E-state index contributed by atoms with van der Waals surface area (Å²) in [6.45, 7) is 6.78. The molecule has 1 aromatic heterocycles. The fourth-order valence-electron chi connectivity index (χ4n) is 4.26. The Kier molecular flexibility index (Phi) is 14.7. The highest BCUT2D eigenvalue weighted by molar-refractivity contribution is 5.83. The van der Waals surface area contributed by atoms with Crippen LogP contribution in [0.4, 0.5) is 20.2 Å². The van der Waals surface area contributed by atoms with Crippen LogP contribution in [-0.4, -0.2) is 82.4 Å². The molecule has 0 unspecified atom stereocenters. The first-order chi connectivity index (χ1) is 20.5. The van der Waals surface area contributed by atoms with E-state index < -0.39 is 54.4 Å². The fourth-order valence-corrected chi connectivity index (χ4v) is 4.26. The monoisotopic (exact) mass is 615 g/mol. The van der Waals surface area contributed by atoms with E-state index in [2.05, 4.69) is 10.3 Å². The van der Waals surface area contributed by atoms with Crippen LogP contribution in [-0.2, 0) is 34.3 Å². The van der Waals surface area contributed by atoms with Crippen molar-refractivity contribution in [1.29, 1.82) is 0 Å². The van der Waals surface area contributed by atoms with Gasteiger partial charge in [0.25, 0.3) is 5.91 Å². The number of amides is 1. The molecular formula is C28H45N3O12. The average molecular weight is 616 g/mol. The Labute approximate surface area is 250 Å². The standard InChI is InChI=1S/C28H45N3O12/c1-5-8-11-16-38-24(33)30-21-14-15-31(23(32)29-21)28(37)27(4,36)22(42-26(35)40-18-13-10-7-3)20(43-28)19-41-25(34)39-17-12-9-6-2/h14-15,20,22,36-37H,5-13,16-19H2,1-4H3,(H,29,30,32,33)/t20-,22-,27-,28-/m1/s1. The molecule has 2 rings (SSSR count). The Morgan fingerprint density at radius 2 is 1.47 bits per heavy atom. The summed E-state index contributed by atoms with van der Waals surface area (Å²) in [5.74, 6) is -3.04. The van der Waals surface area contributed by atoms with Gasteiger partial charge in [0.05, 0.1) is 19.8 Å². The zero-order valence-corrected chi connectivity index (χ0v) is 25.4. The minimum absolute atomic E-state index is 0.0524. The zero-order chi connectivity index (χ0) is 31.9. The predicted octanol–water partition coefficient (Wildman–Crippen LogP) is 3.79.